The van der Waals surface area contributed by atoms with Crippen molar-refractivity contribution in [3.63, 3.8) is 0 Å². The smallest absolute Gasteiger partial charge is 0.165 e. The summed E-state index contributed by atoms with van der Waals surface area (Å²) >= 11 is 0. The number of ether oxygens (including phenoxy) is 1. The molecule has 2 rings (SSSR count). The molecule has 96 valence electrons. The lowest BCUT2D eigenvalue weighted by atomic mass is 10.3. The lowest BCUT2D eigenvalue weighted by Gasteiger charge is -2.07. The van der Waals surface area contributed by atoms with Gasteiger partial charge in [0.15, 0.2) is 5.82 Å². The van der Waals surface area contributed by atoms with Crippen molar-refractivity contribution >= 4 is 5.82 Å². The first kappa shape index (κ1) is 12.5. The first-order valence-electron chi connectivity index (χ1n) is 5.82. The minimum absolute atomic E-state index is 0.466. The van der Waals surface area contributed by atoms with Crippen LogP contribution >= 0.6 is 0 Å². The molecular formula is C12H17N5O. The number of rotatable bonds is 5. The summed E-state index contributed by atoms with van der Waals surface area (Å²) in [5, 5.41) is 7.32. The molecule has 0 saturated carbocycles. The van der Waals surface area contributed by atoms with E-state index in [4.69, 9.17) is 4.74 Å². The predicted octanol–water partition coefficient (Wildman–Crippen LogP) is 1.46. The maximum Gasteiger partial charge on any atom is 0.165 e. The molecule has 2 aromatic rings. The average molecular weight is 247 g/mol. The van der Waals surface area contributed by atoms with Crippen LogP contribution in [0.5, 0.6) is 0 Å². The number of aryl methyl sites for hydroxylation is 1. The molecule has 0 atom stereocenters. The SMILES string of the molecule is CCNc1cc(COC)nc(-c2cnn(C)c2)n1. The number of hydrogen-bond donors (Lipinski definition) is 1. The van der Waals surface area contributed by atoms with E-state index in [1.54, 1.807) is 18.0 Å². The molecule has 0 aliphatic rings. The second kappa shape index (κ2) is 5.59. The third kappa shape index (κ3) is 2.84. The van der Waals surface area contributed by atoms with Gasteiger partial charge in [0.05, 0.1) is 24.1 Å². The Balaban J connectivity index is 2.39. The van der Waals surface area contributed by atoms with Gasteiger partial charge in [-0.3, -0.25) is 4.68 Å². The van der Waals surface area contributed by atoms with E-state index in [0.29, 0.717) is 12.4 Å². The fourth-order valence-corrected chi connectivity index (χ4v) is 1.66. The Morgan fingerprint density at radius 1 is 1.39 bits per heavy atom. The van der Waals surface area contributed by atoms with Crippen LogP contribution in [0, 0.1) is 0 Å². The van der Waals surface area contributed by atoms with E-state index in [-0.39, 0.29) is 0 Å². The summed E-state index contributed by atoms with van der Waals surface area (Å²) < 4.78 is 6.85. The Bertz CT molecular complexity index is 499. The summed E-state index contributed by atoms with van der Waals surface area (Å²) in [4.78, 5) is 8.92. The molecule has 2 heterocycles. The molecule has 0 amide bonds. The highest BCUT2D eigenvalue weighted by atomic mass is 16.5. The fourth-order valence-electron chi connectivity index (χ4n) is 1.66. The van der Waals surface area contributed by atoms with E-state index < -0.39 is 0 Å². The van der Waals surface area contributed by atoms with Gasteiger partial charge in [-0.15, -0.1) is 0 Å². The zero-order chi connectivity index (χ0) is 13.0. The Hall–Kier alpha value is -1.95. The fraction of sp³-hybridized carbons (Fsp3) is 0.417. The van der Waals surface area contributed by atoms with Gasteiger partial charge in [-0.25, -0.2) is 9.97 Å². The summed E-state index contributed by atoms with van der Waals surface area (Å²) in [6.45, 7) is 3.31. The molecule has 18 heavy (non-hydrogen) atoms. The lowest BCUT2D eigenvalue weighted by molar-refractivity contribution is 0.181. The molecule has 0 spiro atoms. The van der Waals surface area contributed by atoms with Crippen LogP contribution in [0.1, 0.15) is 12.6 Å². The molecule has 0 aliphatic carbocycles. The van der Waals surface area contributed by atoms with Crippen LogP contribution in [0.4, 0.5) is 5.82 Å². The van der Waals surface area contributed by atoms with E-state index in [0.717, 1.165) is 23.6 Å². The van der Waals surface area contributed by atoms with Crippen LogP contribution in [-0.2, 0) is 18.4 Å². The van der Waals surface area contributed by atoms with Crippen LogP contribution < -0.4 is 5.32 Å². The van der Waals surface area contributed by atoms with Crippen molar-refractivity contribution in [2.24, 2.45) is 7.05 Å². The van der Waals surface area contributed by atoms with Gasteiger partial charge >= 0.3 is 0 Å². The minimum atomic E-state index is 0.466. The summed E-state index contributed by atoms with van der Waals surface area (Å²) in [7, 11) is 3.52. The number of anilines is 1. The van der Waals surface area contributed by atoms with E-state index in [2.05, 4.69) is 20.4 Å². The van der Waals surface area contributed by atoms with Gasteiger partial charge in [-0.05, 0) is 6.92 Å². The zero-order valence-electron chi connectivity index (χ0n) is 10.8. The molecule has 0 unspecified atom stereocenters. The van der Waals surface area contributed by atoms with Crippen LogP contribution in [0.25, 0.3) is 11.4 Å². The van der Waals surface area contributed by atoms with Crippen molar-refractivity contribution < 1.29 is 4.74 Å². The van der Waals surface area contributed by atoms with Crippen molar-refractivity contribution in [2.75, 3.05) is 19.0 Å². The van der Waals surface area contributed by atoms with Gasteiger partial charge in [-0.1, -0.05) is 0 Å². The van der Waals surface area contributed by atoms with Crippen LogP contribution in [0.2, 0.25) is 0 Å². The van der Waals surface area contributed by atoms with Gasteiger partial charge in [0.25, 0.3) is 0 Å². The van der Waals surface area contributed by atoms with Crippen LogP contribution in [0.15, 0.2) is 18.5 Å². The number of nitrogens with zero attached hydrogens (tertiary/aromatic N) is 4. The standard InChI is InChI=1S/C12H17N5O/c1-4-13-11-5-10(8-18-3)15-12(16-11)9-6-14-17(2)7-9/h5-7H,4,8H2,1-3H3,(H,13,15,16). The monoisotopic (exact) mass is 247 g/mol. The van der Waals surface area contributed by atoms with Gasteiger partial charge in [0, 0.05) is 33.0 Å². The maximum absolute atomic E-state index is 5.12. The summed E-state index contributed by atoms with van der Waals surface area (Å²) in [5.74, 6) is 1.46. The number of methoxy groups -OCH3 is 1. The highest BCUT2D eigenvalue weighted by Crippen LogP contribution is 2.17. The Morgan fingerprint density at radius 3 is 2.83 bits per heavy atom. The van der Waals surface area contributed by atoms with Crippen molar-refractivity contribution in [3.05, 3.63) is 24.2 Å². The Morgan fingerprint density at radius 2 is 2.22 bits per heavy atom. The summed E-state index contributed by atoms with van der Waals surface area (Å²) in [6, 6.07) is 1.90. The number of hydrogen-bond acceptors (Lipinski definition) is 5. The Kier molecular flexibility index (Phi) is 3.88. The zero-order valence-corrected chi connectivity index (χ0v) is 10.8. The van der Waals surface area contributed by atoms with Gasteiger partial charge in [-0.2, -0.15) is 5.10 Å². The molecule has 0 fully saturated rings. The van der Waals surface area contributed by atoms with E-state index in [1.165, 1.54) is 0 Å². The van der Waals surface area contributed by atoms with Crippen LogP contribution in [-0.4, -0.2) is 33.4 Å². The van der Waals surface area contributed by atoms with Gasteiger partial charge < -0.3 is 10.1 Å². The van der Waals surface area contributed by atoms with E-state index >= 15 is 0 Å². The van der Waals surface area contributed by atoms with Gasteiger partial charge in [0.1, 0.15) is 5.82 Å². The largest absolute Gasteiger partial charge is 0.378 e. The molecule has 0 aromatic carbocycles. The van der Waals surface area contributed by atoms with E-state index in [1.807, 2.05) is 26.2 Å². The van der Waals surface area contributed by atoms with Crippen molar-refractivity contribution in [1.29, 1.82) is 0 Å². The lowest BCUT2D eigenvalue weighted by Crippen LogP contribution is -2.04. The molecule has 0 radical (unpaired) electrons. The highest BCUT2D eigenvalue weighted by molar-refractivity contribution is 5.55. The molecule has 0 aliphatic heterocycles. The predicted molar refractivity (Wildman–Crippen MR) is 69.1 cm³/mol. The molecule has 2 aromatic heterocycles. The summed E-state index contributed by atoms with van der Waals surface area (Å²) in [6.07, 6.45) is 3.64. The quantitative estimate of drug-likeness (QED) is 0.866. The first-order valence-corrected chi connectivity index (χ1v) is 5.82. The third-order valence-electron chi connectivity index (χ3n) is 2.39. The molecule has 6 nitrogen and oxygen atoms in total. The van der Waals surface area contributed by atoms with Crippen molar-refractivity contribution in [1.82, 2.24) is 19.7 Å². The number of aromatic nitrogens is 4. The topological polar surface area (TPSA) is 64.9 Å². The Labute approximate surface area is 106 Å². The maximum atomic E-state index is 5.12. The van der Waals surface area contributed by atoms with Gasteiger partial charge in [0.2, 0.25) is 0 Å². The van der Waals surface area contributed by atoms with Crippen LogP contribution in [0.3, 0.4) is 0 Å². The number of nitrogens with one attached hydrogen (secondary N) is 1. The molecule has 1 N–H and O–H groups in total. The highest BCUT2D eigenvalue weighted by Gasteiger charge is 2.08. The third-order valence-corrected chi connectivity index (χ3v) is 2.39. The normalized spacial score (nSPS) is 10.6. The van der Waals surface area contributed by atoms with E-state index in [9.17, 15) is 0 Å². The van der Waals surface area contributed by atoms with Crippen molar-refractivity contribution in [2.45, 2.75) is 13.5 Å². The first-order chi connectivity index (χ1) is 8.72. The second-order valence-electron chi connectivity index (χ2n) is 3.93. The molecular weight excluding hydrogens is 230 g/mol. The molecule has 0 saturated heterocycles. The molecule has 0 bridgehead atoms. The molecule has 6 heteroatoms. The second-order valence-corrected chi connectivity index (χ2v) is 3.93. The average Bonchev–Trinajstić information content (AvgIpc) is 2.76. The summed E-state index contributed by atoms with van der Waals surface area (Å²) in [5.41, 5.74) is 1.75. The minimum Gasteiger partial charge on any atom is -0.378 e. The van der Waals surface area contributed by atoms with Crippen molar-refractivity contribution in [3.8, 4) is 11.4 Å².